The number of rotatable bonds is 8. The van der Waals surface area contributed by atoms with Gasteiger partial charge in [-0.15, -0.1) is 0 Å². The molecule has 0 spiro atoms. The maximum Gasteiger partial charge on any atom is 0.529 e. The molecule has 0 saturated carbocycles. The van der Waals surface area contributed by atoms with Crippen LogP contribution >= 0.6 is 7.82 Å². The second-order valence-electron chi connectivity index (χ2n) is 5.63. The molecule has 1 saturated heterocycles. The van der Waals surface area contributed by atoms with Crippen LogP contribution in [0.5, 0.6) is 5.75 Å². The number of carbonyl (C=O) groups excluding carboxylic acids is 1. The molecule has 1 amide bonds. The van der Waals surface area contributed by atoms with Crippen LogP contribution < -0.4 is 10.0 Å². The lowest BCUT2D eigenvalue weighted by molar-refractivity contribution is 0.0842. The van der Waals surface area contributed by atoms with Gasteiger partial charge in [0.15, 0.2) is 7.98 Å². The lowest BCUT2D eigenvalue weighted by Gasteiger charge is -2.22. The lowest BCUT2D eigenvalue weighted by Crippen LogP contribution is -2.30. The number of amides is 1. The summed E-state index contributed by atoms with van der Waals surface area (Å²) in [6.45, 7) is 1.23. The molecule has 0 bridgehead atoms. The Kier molecular flexibility index (Phi) is 7.28. The lowest BCUT2D eigenvalue weighted by atomic mass is 10.2. The molecule has 0 aliphatic carbocycles. The molecular formula is C14H22BN2O7P. The van der Waals surface area contributed by atoms with Crippen molar-refractivity contribution in [1.29, 1.82) is 0 Å². The third-order valence-electron chi connectivity index (χ3n) is 3.92. The van der Waals surface area contributed by atoms with Gasteiger partial charge >= 0.3 is 13.9 Å². The first-order valence-electron chi connectivity index (χ1n) is 7.81. The Morgan fingerprint density at radius 2 is 2.16 bits per heavy atom. The molecule has 11 heteroatoms. The van der Waals surface area contributed by atoms with Crippen molar-refractivity contribution in [1.82, 2.24) is 10.3 Å². The quantitative estimate of drug-likeness (QED) is 0.306. The number of hydroxylamine groups is 1. The minimum absolute atomic E-state index is 0.0286. The highest BCUT2D eigenvalue weighted by Crippen LogP contribution is 2.49. The molecule has 1 aromatic rings. The van der Waals surface area contributed by atoms with Crippen molar-refractivity contribution in [2.75, 3.05) is 20.3 Å². The van der Waals surface area contributed by atoms with Crippen molar-refractivity contribution in [2.24, 2.45) is 0 Å². The van der Waals surface area contributed by atoms with Gasteiger partial charge in [0.2, 0.25) is 0 Å². The minimum Gasteiger partial charge on any atom is -0.443 e. The summed E-state index contributed by atoms with van der Waals surface area (Å²) in [6, 6.07) is 6.58. The number of hydrogen-bond acceptors (Lipinski definition) is 8. The monoisotopic (exact) mass is 372 g/mol. The van der Waals surface area contributed by atoms with E-state index in [-0.39, 0.29) is 19.3 Å². The first-order valence-corrected chi connectivity index (χ1v) is 9.28. The van der Waals surface area contributed by atoms with Crippen molar-refractivity contribution < 1.29 is 32.9 Å². The Labute approximate surface area is 147 Å². The van der Waals surface area contributed by atoms with Gasteiger partial charge in [-0.3, -0.25) is 14.3 Å². The number of ether oxygens (including phenoxy) is 1. The van der Waals surface area contributed by atoms with E-state index in [9.17, 15) is 9.36 Å². The van der Waals surface area contributed by atoms with Crippen LogP contribution in [0.25, 0.3) is 0 Å². The Bertz CT molecular complexity index is 616. The smallest absolute Gasteiger partial charge is 0.443 e. The van der Waals surface area contributed by atoms with E-state index in [1.807, 2.05) is 7.98 Å². The zero-order valence-electron chi connectivity index (χ0n) is 14.2. The predicted octanol–water partition coefficient (Wildman–Crippen LogP) is 1.46. The van der Waals surface area contributed by atoms with Crippen LogP contribution in [0.1, 0.15) is 18.4 Å². The van der Waals surface area contributed by atoms with Crippen molar-refractivity contribution in [3.63, 3.8) is 0 Å². The van der Waals surface area contributed by atoms with Gasteiger partial charge in [-0.2, -0.15) is 0 Å². The number of phosphoric acid groups is 1. The fourth-order valence-corrected chi connectivity index (χ4v) is 3.41. The summed E-state index contributed by atoms with van der Waals surface area (Å²) in [4.78, 5) is 13.0. The maximum absolute atomic E-state index is 12.6. The van der Waals surface area contributed by atoms with Gasteiger partial charge in [-0.25, -0.2) is 14.8 Å². The number of hydrogen-bond donors (Lipinski definition) is 2. The molecule has 2 N–H and O–H groups in total. The van der Waals surface area contributed by atoms with E-state index in [1.165, 1.54) is 12.6 Å². The molecule has 0 aromatic heterocycles. The molecule has 1 aromatic carbocycles. The minimum atomic E-state index is -3.71. The van der Waals surface area contributed by atoms with E-state index < -0.39 is 13.9 Å². The molecule has 1 aliphatic rings. The van der Waals surface area contributed by atoms with Gasteiger partial charge in [0, 0.05) is 13.2 Å². The maximum atomic E-state index is 12.6. The summed E-state index contributed by atoms with van der Waals surface area (Å²) >= 11 is 0. The topological polar surface area (TPSA) is 107 Å². The molecule has 1 heterocycles. The SMILES string of the molecule is BN1CCCC1COP(=O)(OC)Oc1ccc(COC(=O)NO)cc1. The van der Waals surface area contributed by atoms with Crippen molar-refractivity contribution >= 4 is 21.9 Å². The van der Waals surface area contributed by atoms with Crippen molar-refractivity contribution in [3.05, 3.63) is 29.8 Å². The van der Waals surface area contributed by atoms with E-state index in [0.717, 1.165) is 19.4 Å². The van der Waals surface area contributed by atoms with Crippen molar-refractivity contribution in [2.45, 2.75) is 25.5 Å². The Hall–Kier alpha value is -1.58. The van der Waals surface area contributed by atoms with Crippen LogP contribution in [0, 0.1) is 0 Å². The summed E-state index contributed by atoms with van der Waals surface area (Å²) in [5, 5.41) is 8.35. The van der Waals surface area contributed by atoms with Crippen LogP contribution in [0.3, 0.4) is 0 Å². The fraction of sp³-hybridized carbons (Fsp3) is 0.500. The van der Waals surface area contributed by atoms with Gasteiger partial charge in [-0.1, -0.05) is 12.1 Å². The van der Waals surface area contributed by atoms with Gasteiger partial charge in [0.1, 0.15) is 12.4 Å². The number of nitrogens with one attached hydrogen (secondary N) is 1. The first-order chi connectivity index (χ1) is 12.0. The van der Waals surface area contributed by atoms with E-state index in [4.69, 9.17) is 23.5 Å². The van der Waals surface area contributed by atoms with E-state index in [0.29, 0.717) is 11.3 Å². The Balaban J connectivity index is 1.89. The molecule has 25 heavy (non-hydrogen) atoms. The number of phosphoric ester groups is 1. The standard InChI is InChI=1S/C14H22BN2O7P/c1-21-25(20,23-10-12-3-2-8-17(12)15)24-13-6-4-11(5-7-13)9-22-14(18)16-19/h4-7,12,19H,2-3,8-10,15H2,1H3,(H,16,18). The zero-order chi connectivity index (χ0) is 18.3. The van der Waals surface area contributed by atoms with Crippen LogP contribution in [0.15, 0.2) is 24.3 Å². The molecule has 138 valence electrons. The third kappa shape index (κ3) is 6.02. The summed E-state index contributed by atoms with van der Waals surface area (Å²) in [5.41, 5.74) is 2.03. The fourth-order valence-electron chi connectivity index (χ4n) is 2.44. The second kappa shape index (κ2) is 9.21. The highest BCUT2D eigenvalue weighted by Gasteiger charge is 2.30. The summed E-state index contributed by atoms with van der Waals surface area (Å²) in [7, 11) is -0.437. The van der Waals surface area contributed by atoms with Gasteiger partial charge in [-0.05, 0) is 37.1 Å². The molecule has 9 nitrogen and oxygen atoms in total. The Morgan fingerprint density at radius 1 is 1.44 bits per heavy atom. The van der Waals surface area contributed by atoms with Crippen LogP contribution in [-0.4, -0.2) is 50.4 Å². The predicted molar refractivity (Wildman–Crippen MR) is 91.0 cm³/mol. The number of benzene rings is 1. The average Bonchev–Trinajstić information content (AvgIpc) is 3.04. The third-order valence-corrected chi connectivity index (χ3v) is 5.27. The molecule has 0 radical (unpaired) electrons. The van der Waals surface area contributed by atoms with Gasteiger partial charge in [0.05, 0.1) is 6.61 Å². The zero-order valence-corrected chi connectivity index (χ0v) is 15.1. The average molecular weight is 372 g/mol. The van der Waals surface area contributed by atoms with Crippen molar-refractivity contribution in [3.8, 4) is 5.75 Å². The summed E-state index contributed by atoms with van der Waals surface area (Å²) < 4.78 is 33.0. The summed E-state index contributed by atoms with van der Waals surface area (Å²) in [6.07, 6.45) is 1.12. The normalized spacial score (nSPS) is 20.0. The van der Waals surface area contributed by atoms with E-state index in [2.05, 4.69) is 4.81 Å². The second-order valence-corrected chi connectivity index (χ2v) is 7.33. The number of nitrogens with zero attached hydrogens (tertiary/aromatic N) is 1. The van der Waals surface area contributed by atoms with Gasteiger partial charge in [0.25, 0.3) is 0 Å². The van der Waals surface area contributed by atoms with E-state index >= 15 is 0 Å². The Morgan fingerprint density at radius 3 is 2.72 bits per heavy atom. The van der Waals surface area contributed by atoms with E-state index in [1.54, 1.807) is 24.3 Å². The molecule has 2 unspecified atom stereocenters. The molecule has 1 fully saturated rings. The summed E-state index contributed by atoms with van der Waals surface area (Å²) in [5.74, 6) is 0.306. The van der Waals surface area contributed by atoms with Crippen LogP contribution in [0.4, 0.5) is 4.79 Å². The largest absolute Gasteiger partial charge is 0.529 e. The first kappa shape index (κ1) is 19.7. The number of carbonyl (C=O) groups is 1. The highest BCUT2D eigenvalue weighted by molar-refractivity contribution is 7.48. The molecular weight excluding hydrogens is 350 g/mol. The molecule has 2 rings (SSSR count). The molecule has 1 aliphatic heterocycles. The van der Waals surface area contributed by atoms with Crippen LogP contribution in [0.2, 0.25) is 0 Å². The molecule has 2 atom stereocenters. The van der Waals surface area contributed by atoms with Gasteiger partial charge < -0.3 is 14.1 Å². The van der Waals surface area contributed by atoms with Crippen LogP contribution in [-0.2, 0) is 25.0 Å². The highest BCUT2D eigenvalue weighted by atomic mass is 31.2.